The van der Waals surface area contributed by atoms with Crippen LogP contribution in [0.25, 0.3) is 0 Å². The van der Waals surface area contributed by atoms with E-state index in [0.29, 0.717) is 15.7 Å². The van der Waals surface area contributed by atoms with E-state index in [1.165, 1.54) is 11.3 Å². The van der Waals surface area contributed by atoms with Crippen LogP contribution in [-0.2, 0) is 0 Å². The molecule has 94 valence electrons. The van der Waals surface area contributed by atoms with Gasteiger partial charge in [0, 0.05) is 0 Å². The molecule has 4 nitrogen and oxygen atoms in total. The molecule has 0 aliphatic carbocycles. The predicted octanol–water partition coefficient (Wildman–Crippen LogP) is 3.56. The van der Waals surface area contributed by atoms with Gasteiger partial charge in [0.2, 0.25) is 5.13 Å². The monoisotopic (exact) mass is 299 g/mol. The first-order chi connectivity index (χ1) is 8.70. The maximum absolute atomic E-state index is 11.9. The molecule has 0 aliphatic heterocycles. The average molecular weight is 300 g/mol. The second-order valence-corrected chi connectivity index (χ2v) is 6.14. The first-order valence-corrected chi connectivity index (χ1v) is 7.41. The second-order valence-electron chi connectivity index (χ2n) is 3.24. The summed E-state index contributed by atoms with van der Waals surface area (Å²) < 4.78 is 0.840. The molecular formula is C11H10ClN3OS2. The Kier molecular flexibility index (Phi) is 4.57. The molecule has 1 aromatic carbocycles. The van der Waals surface area contributed by atoms with Crippen LogP contribution in [0.3, 0.4) is 0 Å². The highest BCUT2D eigenvalue weighted by Gasteiger charge is 2.12. The zero-order valence-electron chi connectivity index (χ0n) is 9.51. The number of anilines is 1. The highest BCUT2D eigenvalue weighted by molar-refractivity contribution is 8.01. The van der Waals surface area contributed by atoms with Crippen molar-refractivity contribution in [3.05, 3.63) is 34.9 Å². The molecule has 0 bridgehead atoms. The third-order valence-corrected chi connectivity index (χ3v) is 4.20. The van der Waals surface area contributed by atoms with Crippen molar-refractivity contribution < 1.29 is 4.79 Å². The summed E-state index contributed by atoms with van der Waals surface area (Å²) in [7, 11) is 0. The van der Waals surface area contributed by atoms with E-state index in [1.54, 1.807) is 36.0 Å². The van der Waals surface area contributed by atoms with Crippen LogP contribution in [0.5, 0.6) is 0 Å². The molecule has 0 atom stereocenters. The SMILES string of the molecule is CCSc1nnc(NC(=O)c2ccccc2Cl)s1. The van der Waals surface area contributed by atoms with Gasteiger partial charge in [-0.25, -0.2) is 0 Å². The molecule has 1 N–H and O–H groups in total. The molecule has 18 heavy (non-hydrogen) atoms. The number of hydrogen-bond acceptors (Lipinski definition) is 5. The lowest BCUT2D eigenvalue weighted by molar-refractivity contribution is 0.102. The Bertz CT molecular complexity index is 559. The van der Waals surface area contributed by atoms with E-state index < -0.39 is 0 Å². The summed E-state index contributed by atoms with van der Waals surface area (Å²) in [4.78, 5) is 11.9. The quantitative estimate of drug-likeness (QED) is 0.693. The smallest absolute Gasteiger partial charge is 0.259 e. The molecule has 2 aromatic rings. The van der Waals surface area contributed by atoms with Gasteiger partial charge in [0.05, 0.1) is 10.6 Å². The number of thioether (sulfide) groups is 1. The third kappa shape index (κ3) is 3.22. The van der Waals surface area contributed by atoms with Gasteiger partial charge in [0.15, 0.2) is 4.34 Å². The van der Waals surface area contributed by atoms with Crippen molar-refractivity contribution in [2.24, 2.45) is 0 Å². The van der Waals surface area contributed by atoms with E-state index >= 15 is 0 Å². The van der Waals surface area contributed by atoms with E-state index in [9.17, 15) is 4.79 Å². The Morgan fingerprint density at radius 3 is 2.94 bits per heavy atom. The fourth-order valence-electron chi connectivity index (χ4n) is 1.25. The molecule has 0 aliphatic rings. The summed E-state index contributed by atoms with van der Waals surface area (Å²) in [5.74, 6) is 0.650. The van der Waals surface area contributed by atoms with Gasteiger partial charge in [0.1, 0.15) is 0 Å². The van der Waals surface area contributed by atoms with Gasteiger partial charge in [-0.3, -0.25) is 10.1 Å². The van der Waals surface area contributed by atoms with Crippen LogP contribution in [0, 0.1) is 0 Å². The predicted molar refractivity (Wildman–Crippen MR) is 75.7 cm³/mol. The largest absolute Gasteiger partial charge is 0.296 e. The van der Waals surface area contributed by atoms with Crippen LogP contribution < -0.4 is 5.32 Å². The summed E-state index contributed by atoms with van der Waals surface area (Å²) >= 11 is 8.88. The highest BCUT2D eigenvalue weighted by Crippen LogP contribution is 2.25. The number of aromatic nitrogens is 2. The van der Waals surface area contributed by atoms with Crippen molar-refractivity contribution in [3.63, 3.8) is 0 Å². The van der Waals surface area contributed by atoms with Crippen LogP contribution in [0.1, 0.15) is 17.3 Å². The Hall–Kier alpha value is -1.11. The number of carbonyl (C=O) groups is 1. The molecule has 2 rings (SSSR count). The lowest BCUT2D eigenvalue weighted by Gasteiger charge is -2.02. The van der Waals surface area contributed by atoms with Gasteiger partial charge in [-0.2, -0.15) is 0 Å². The molecule has 1 heterocycles. The molecule has 0 saturated heterocycles. The minimum Gasteiger partial charge on any atom is -0.296 e. The van der Waals surface area contributed by atoms with Crippen molar-refractivity contribution in [1.29, 1.82) is 0 Å². The zero-order valence-corrected chi connectivity index (χ0v) is 11.9. The summed E-state index contributed by atoms with van der Waals surface area (Å²) in [6.07, 6.45) is 0. The van der Waals surface area contributed by atoms with Crippen LogP contribution in [-0.4, -0.2) is 21.9 Å². The molecule has 0 radical (unpaired) electrons. The Morgan fingerprint density at radius 1 is 1.44 bits per heavy atom. The van der Waals surface area contributed by atoms with E-state index in [-0.39, 0.29) is 5.91 Å². The fraction of sp³-hybridized carbons (Fsp3) is 0.182. The van der Waals surface area contributed by atoms with Crippen LogP contribution in [0.15, 0.2) is 28.6 Å². The maximum atomic E-state index is 11.9. The average Bonchev–Trinajstić information content (AvgIpc) is 2.77. The molecule has 1 amide bonds. The minimum atomic E-state index is -0.273. The number of amides is 1. The first-order valence-electron chi connectivity index (χ1n) is 5.23. The number of nitrogens with one attached hydrogen (secondary N) is 1. The van der Waals surface area contributed by atoms with E-state index in [0.717, 1.165) is 10.1 Å². The number of nitrogens with zero attached hydrogens (tertiary/aromatic N) is 2. The van der Waals surface area contributed by atoms with Crippen molar-refractivity contribution in [1.82, 2.24) is 10.2 Å². The first kappa shape index (κ1) is 13.3. The molecule has 0 unspecified atom stereocenters. The van der Waals surface area contributed by atoms with Crippen molar-refractivity contribution in [2.75, 3.05) is 11.1 Å². The number of halogens is 1. The summed E-state index contributed by atoms with van der Waals surface area (Å²) in [5.41, 5.74) is 0.430. The van der Waals surface area contributed by atoms with Crippen molar-refractivity contribution in [2.45, 2.75) is 11.3 Å². The van der Waals surface area contributed by atoms with E-state index in [2.05, 4.69) is 15.5 Å². The summed E-state index contributed by atoms with van der Waals surface area (Å²) in [5, 5.41) is 11.4. The highest BCUT2D eigenvalue weighted by atomic mass is 35.5. The molecular weight excluding hydrogens is 290 g/mol. The van der Waals surface area contributed by atoms with Crippen LogP contribution in [0.4, 0.5) is 5.13 Å². The topological polar surface area (TPSA) is 54.9 Å². The second kappa shape index (κ2) is 6.17. The van der Waals surface area contributed by atoms with Gasteiger partial charge in [-0.1, -0.05) is 53.8 Å². The Morgan fingerprint density at radius 2 is 2.22 bits per heavy atom. The number of rotatable bonds is 4. The van der Waals surface area contributed by atoms with Gasteiger partial charge < -0.3 is 0 Å². The normalized spacial score (nSPS) is 10.3. The standard InChI is InChI=1S/C11H10ClN3OS2/c1-2-17-11-15-14-10(18-11)13-9(16)7-5-3-4-6-8(7)12/h3-6H,2H2,1H3,(H,13,14,16). The maximum Gasteiger partial charge on any atom is 0.259 e. The van der Waals surface area contributed by atoms with Gasteiger partial charge in [0.25, 0.3) is 5.91 Å². The van der Waals surface area contributed by atoms with Gasteiger partial charge in [-0.15, -0.1) is 10.2 Å². The molecule has 7 heteroatoms. The van der Waals surface area contributed by atoms with Gasteiger partial charge >= 0.3 is 0 Å². The zero-order chi connectivity index (χ0) is 13.0. The van der Waals surface area contributed by atoms with Crippen molar-refractivity contribution >= 4 is 45.7 Å². The van der Waals surface area contributed by atoms with Crippen molar-refractivity contribution in [3.8, 4) is 0 Å². The molecule has 0 saturated carbocycles. The Balaban J connectivity index is 2.09. The lowest BCUT2D eigenvalue weighted by Crippen LogP contribution is -2.12. The fourth-order valence-corrected chi connectivity index (χ4v) is 3.12. The van der Waals surface area contributed by atoms with Gasteiger partial charge in [-0.05, 0) is 17.9 Å². The Labute approximate surface area is 118 Å². The lowest BCUT2D eigenvalue weighted by atomic mass is 10.2. The summed E-state index contributed by atoms with van der Waals surface area (Å²) in [6, 6.07) is 6.88. The summed E-state index contributed by atoms with van der Waals surface area (Å²) in [6.45, 7) is 2.04. The number of hydrogen-bond donors (Lipinski definition) is 1. The van der Waals surface area contributed by atoms with E-state index in [4.69, 9.17) is 11.6 Å². The molecule has 0 fully saturated rings. The molecule has 0 spiro atoms. The minimum absolute atomic E-state index is 0.273. The number of benzene rings is 1. The van der Waals surface area contributed by atoms with E-state index in [1.807, 2.05) is 6.92 Å². The number of carbonyl (C=O) groups excluding carboxylic acids is 1. The van der Waals surface area contributed by atoms with Crippen LogP contribution in [0.2, 0.25) is 5.02 Å². The third-order valence-electron chi connectivity index (χ3n) is 2.01. The van der Waals surface area contributed by atoms with Crippen LogP contribution >= 0.6 is 34.7 Å². The molecule has 1 aromatic heterocycles.